The first-order valence-electron chi connectivity index (χ1n) is 9.40. The minimum atomic E-state index is -0.603. The third kappa shape index (κ3) is 5.16. The first-order chi connectivity index (χ1) is 14.0. The highest BCUT2D eigenvalue weighted by Gasteiger charge is 2.22. The summed E-state index contributed by atoms with van der Waals surface area (Å²) < 4.78 is 18.6. The SMILES string of the molecule is COC1=CC(=N)/C(=C\NC2CCC(C=O)CC2)C=C1NC(=O)c1cncc(F)c1. The number of nitrogens with one attached hydrogen (secondary N) is 3. The first kappa shape index (κ1) is 20.4. The lowest BCUT2D eigenvalue weighted by Crippen LogP contribution is -2.31. The first-order valence-corrected chi connectivity index (χ1v) is 9.40. The molecule has 2 aliphatic rings. The average molecular weight is 398 g/mol. The average Bonchev–Trinajstić information content (AvgIpc) is 2.74. The van der Waals surface area contributed by atoms with Crippen molar-refractivity contribution in [2.45, 2.75) is 31.7 Å². The monoisotopic (exact) mass is 398 g/mol. The van der Waals surface area contributed by atoms with Gasteiger partial charge in [0.2, 0.25) is 0 Å². The van der Waals surface area contributed by atoms with Gasteiger partial charge in [0.1, 0.15) is 17.9 Å². The molecule has 3 N–H and O–H groups in total. The van der Waals surface area contributed by atoms with E-state index in [1.165, 1.54) is 19.4 Å². The van der Waals surface area contributed by atoms with Crippen LogP contribution in [-0.2, 0) is 9.53 Å². The summed E-state index contributed by atoms with van der Waals surface area (Å²) in [6.45, 7) is 0. The third-order valence-electron chi connectivity index (χ3n) is 5.03. The molecule has 1 saturated carbocycles. The number of ether oxygens (including phenoxy) is 1. The number of aldehydes is 1. The van der Waals surface area contributed by atoms with Gasteiger partial charge in [0, 0.05) is 36.0 Å². The zero-order valence-corrected chi connectivity index (χ0v) is 16.1. The standard InChI is InChI=1S/C21H23FN4O3/c1-29-20-8-18(23)14(10-25-17-4-2-13(12-27)3-5-17)7-19(20)26-21(28)15-6-16(22)11-24-9-15/h6-13,17,23,25H,2-5H2,1H3,(H,26,28)/b14-10-,23-18?. The summed E-state index contributed by atoms with van der Waals surface area (Å²) >= 11 is 0. The van der Waals surface area contributed by atoms with E-state index in [9.17, 15) is 14.0 Å². The molecule has 1 fully saturated rings. The minimum absolute atomic E-state index is 0.0811. The molecule has 0 unspecified atom stereocenters. The fourth-order valence-electron chi connectivity index (χ4n) is 3.34. The summed E-state index contributed by atoms with van der Waals surface area (Å²) in [7, 11) is 1.45. The van der Waals surface area contributed by atoms with E-state index in [4.69, 9.17) is 10.1 Å². The van der Waals surface area contributed by atoms with E-state index in [2.05, 4.69) is 15.6 Å². The molecular weight excluding hydrogens is 375 g/mol. The highest BCUT2D eigenvalue weighted by molar-refractivity contribution is 6.10. The van der Waals surface area contributed by atoms with Gasteiger partial charge in [-0.3, -0.25) is 9.78 Å². The molecule has 7 nitrogen and oxygen atoms in total. The number of aromatic nitrogens is 1. The number of amides is 1. The maximum absolute atomic E-state index is 13.3. The van der Waals surface area contributed by atoms with Crippen molar-refractivity contribution >= 4 is 17.9 Å². The fraction of sp³-hybridized carbons (Fsp3) is 0.333. The molecule has 29 heavy (non-hydrogen) atoms. The largest absolute Gasteiger partial charge is 0.494 e. The molecule has 1 amide bonds. The van der Waals surface area contributed by atoms with Crippen LogP contribution in [0.1, 0.15) is 36.0 Å². The molecule has 0 spiro atoms. The number of rotatable bonds is 6. The summed E-state index contributed by atoms with van der Waals surface area (Å²) in [4.78, 5) is 27.0. The van der Waals surface area contributed by atoms with Crippen molar-refractivity contribution in [2.75, 3.05) is 7.11 Å². The molecule has 0 atom stereocenters. The van der Waals surface area contributed by atoms with Crippen LogP contribution in [0.3, 0.4) is 0 Å². The molecule has 0 saturated heterocycles. The van der Waals surface area contributed by atoms with E-state index in [1.807, 2.05) is 0 Å². The maximum Gasteiger partial charge on any atom is 0.257 e. The predicted molar refractivity (Wildman–Crippen MR) is 106 cm³/mol. The molecular formula is C21H23FN4O3. The second-order valence-corrected chi connectivity index (χ2v) is 7.04. The van der Waals surface area contributed by atoms with Crippen molar-refractivity contribution in [1.29, 1.82) is 5.41 Å². The third-order valence-corrected chi connectivity index (χ3v) is 5.03. The number of nitrogens with zero attached hydrogens (tertiary/aromatic N) is 1. The molecule has 1 aromatic rings. The van der Waals surface area contributed by atoms with Crippen molar-refractivity contribution in [3.05, 3.63) is 65.2 Å². The van der Waals surface area contributed by atoms with Crippen molar-refractivity contribution in [3.8, 4) is 0 Å². The van der Waals surface area contributed by atoms with E-state index in [-0.39, 0.29) is 23.2 Å². The Morgan fingerprint density at radius 1 is 1.28 bits per heavy atom. The number of pyridine rings is 1. The molecule has 0 aliphatic heterocycles. The molecule has 0 bridgehead atoms. The number of allylic oxidation sites excluding steroid dienone is 3. The summed E-state index contributed by atoms with van der Waals surface area (Å²) in [6, 6.07) is 1.34. The minimum Gasteiger partial charge on any atom is -0.494 e. The van der Waals surface area contributed by atoms with Crippen LogP contribution in [0.2, 0.25) is 0 Å². The van der Waals surface area contributed by atoms with Gasteiger partial charge in [0.05, 0.1) is 30.3 Å². The Morgan fingerprint density at radius 3 is 2.69 bits per heavy atom. The maximum atomic E-state index is 13.3. The van der Waals surface area contributed by atoms with Gasteiger partial charge in [-0.15, -0.1) is 0 Å². The number of carbonyl (C=O) groups is 2. The second-order valence-electron chi connectivity index (χ2n) is 7.04. The van der Waals surface area contributed by atoms with Crippen LogP contribution in [0.4, 0.5) is 4.39 Å². The van der Waals surface area contributed by atoms with Crippen LogP contribution < -0.4 is 10.6 Å². The molecule has 2 aliphatic carbocycles. The van der Waals surface area contributed by atoms with Gasteiger partial charge < -0.3 is 25.6 Å². The van der Waals surface area contributed by atoms with Gasteiger partial charge in [-0.2, -0.15) is 0 Å². The van der Waals surface area contributed by atoms with Crippen LogP contribution in [0.5, 0.6) is 0 Å². The predicted octanol–water partition coefficient (Wildman–Crippen LogP) is 2.63. The van der Waals surface area contributed by atoms with Crippen molar-refractivity contribution in [1.82, 2.24) is 15.6 Å². The topological polar surface area (TPSA) is 104 Å². The van der Waals surface area contributed by atoms with Gasteiger partial charge >= 0.3 is 0 Å². The molecule has 8 heteroatoms. The van der Waals surface area contributed by atoms with Crippen LogP contribution in [0.15, 0.2) is 53.8 Å². The van der Waals surface area contributed by atoms with E-state index >= 15 is 0 Å². The van der Waals surface area contributed by atoms with E-state index in [1.54, 1.807) is 12.3 Å². The number of carbonyl (C=O) groups excluding carboxylic acids is 2. The van der Waals surface area contributed by atoms with Gasteiger partial charge in [0.25, 0.3) is 5.91 Å². The Balaban J connectivity index is 1.72. The van der Waals surface area contributed by atoms with E-state index in [0.717, 1.165) is 44.2 Å². The Hall–Kier alpha value is -3.29. The highest BCUT2D eigenvalue weighted by atomic mass is 19.1. The summed E-state index contributed by atoms with van der Waals surface area (Å²) in [6.07, 6.45) is 11.7. The number of hydrogen-bond acceptors (Lipinski definition) is 6. The van der Waals surface area contributed by atoms with Crippen LogP contribution in [0.25, 0.3) is 0 Å². The zero-order valence-electron chi connectivity index (χ0n) is 16.1. The van der Waals surface area contributed by atoms with Crippen molar-refractivity contribution in [3.63, 3.8) is 0 Å². The normalized spacial score (nSPS) is 23.1. The molecule has 0 radical (unpaired) electrons. The lowest BCUT2D eigenvalue weighted by Gasteiger charge is -2.26. The van der Waals surface area contributed by atoms with Gasteiger partial charge in [-0.05, 0) is 37.8 Å². The quantitative estimate of drug-likeness (QED) is 0.639. The number of halogens is 1. The van der Waals surface area contributed by atoms with Gasteiger partial charge in [-0.1, -0.05) is 0 Å². The zero-order chi connectivity index (χ0) is 20.8. The fourth-order valence-corrected chi connectivity index (χ4v) is 3.34. The Bertz CT molecular complexity index is 899. The van der Waals surface area contributed by atoms with Crippen LogP contribution >= 0.6 is 0 Å². The van der Waals surface area contributed by atoms with Crippen LogP contribution in [-0.4, -0.2) is 36.0 Å². The molecule has 3 rings (SSSR count). The molecule has 1 heterocycles. The Morgan fingerprint density at radius 2 is 2.03 bits per heavy atom. The van der Waals surface area contributed by atoms with E-state index in [0.29, 0.717) is 17.0 Å². The molecule has 0 aromatic carbocycles. The smallest absolute Gasteiger partial charge is 0.257 e. The second kappa shape index (κ2) is 9.27. The Kier molecular flexibility index (Phi) is 6.54. The van der Waals surface area contributed by atoms with Gasteiger partial charge in [0.15, 0.2) is 0 Å². The summed E-state index contributed by atoms with van der Waals surface area (Å²) in [5, 5.41) is 14.2. The number of methoxy groups -OCH3 is 1. The lowest BCUT2D eigenvalue weighted by molar-refractivity contribution is -0.111. The highest BCUT2D eigenvalue weighted by Crippen LogP contribution is 2.24. The van der Waals surface area contributed by atoms with Crippen LogP contribution in [0, 0.1) is 17.1 Å². The van der Waals surface area contributed by atoms with Crippen molar-refractivity contribution < 1.29 is 18.7 Å². The van der Waals surface area contributed by atoms with E-state index < -0.39 is 11.7 Å². The molecule has 152 valence electrons. The van der Waals surface area contributed by atoms with Crippen molar-refractivity contribution in [2.24, 2.45) is 5.92 Å². The number of hydrogen-bond donors (Lipinski definition) is 3. The Labute approximate surface area is 168 Å². The summed E-state index contributed by atoms with van der Waals surface area (Å²) in [5.74, 6) is -0.663. The lowest BCUT2D eigenvalue weighted by atomic mass is 9.87. The van der Waals surface area contributed by atoms with Gasteiger partial charge in [-0.25, -0.2) is 4.39 Å². The summed E-state index contributed by atoms with van der Waals surface area (Å²) in [5.41, 5.74) is 1.27. The molecule has 1 aromatic heterocycles.